The van der Waals surface area contributed by atoms with E-state index in [0.717, 1.165) is 17.7 Å². The molecule has 0 aliphatic carbocycles. The summed E-state index contributed by atoms with van der Waals surface area (Å²) in [4.78, 5) is 16.4. The van der Waals surface area contributed by atoms with Crippen LogP contribution in [0.3, 0.4) is 0 Å². The zero-order chi connectivity index (χ0) is 17.8. The highest BCUT2D eigenvalue weighted by molar-refractivity contribution is 6.03. The van der Waals surface area contributed by atoms with Crippen LogP contribution in [0.15, 0.2) is 60.8 Å². The van der Waals surface area contributed by atoms with Crippen molar-refractivity contribution in [3.63, 3.8) is 0 Å². The van der Waals surface area contributed by atoms with Crippen LogP contribution in [0.5, 0.6) is 0 Å². The van der Waals surface area contributed by atoms with E-state index >= 15 is 0 Å². The van der Waals surface area contributed by atoms with Gasteiger partial charge in [-0.2, -0.15) is 0 Å². The molecule has 3 rings (SSSR count). The van der Waals surface area contributed by atoms with Crippen LogP contribution in [0.1, 0.15) is 16.1 Å². The summed E-state index contributed by atoms with van der Waals surface area (Å²) in [5.41, 5.74) is 2.81. The molecular formula is C19H15F2N3O. The van der Waals surface area contributed by atoms with E-state index in [0.29, 0.717) is 17.1 Å². The number of rotatable bonds is 4. The van der Waals surface area contributed by atoms with Crippen molar-refractivity contribution >= 4 is 23.0 Å². The van der Waals surface area contributed by atoms with Crippen LogP contribution in [-0.2, 0) is 0 Å². The Morgan fingerprint density at radius 2 is 1.72 bits per heavy atom. The van der Waals surface area contributed by atoms with Crippen molar-refractivity contribution in [2.75, 3.05) is 10.6 Å². The lowest BCUT2D eigenvalue weighted by Gasteiger charge is -2.09. The number of aryl methyl sites for hydroxylation is 1. The molecule has 0 saturated heterocycles. The Morgan fingerprint density at radius 1 is 0.920 bits per heavy atom. The molecule has 0 bridgehead atoms. The second kappa shape index (κ2) is 7.09. The number of nitrogens with one attached hydrogen (secondary N) is 2. The summed E-state index contributed by atoms with van der Waals surface area (Å²) in [6.07, 6.45) is 1.47. The predicted octanol–water partition coefficient (Wildman–Crippen LogP) is 4.66. The number of carbonyl (C=O) groups is 1. The minimum atomic E-state index is -0.948. The van der Waals surface area contributed by atoms with Crippen LogP contribution < -0.4 is 10.6 Å². The lowest BCUT2D eigenvalue weighted by Crippen LogP contribution is -2.13. The Morgan fingerprint density at radius 3 is 2.48 bits per heavy atom. The maximum atomic E-state index is 13.3. The summed E-state index contributed by atoms with van der Waals surface area (Å²) in [6.45, 7) is 1.93. The van der Waals surface area contributed by atoms with E-state index in [1.807, 2.05) is 25.1 Å². The molecule has 2 N–H and O–H groups in total. The van der Waals surface area contributed by atoms with Crippen LogP contribution in [0.4, 0.5) is 25.8 Å². The molecule has 25 heavy (non-hydrogen) atoms. The van der Waals surface area contributed by atoms with E-state index < -0.39 is 11.6 Å². The second-order valence-electron chi connectivity index (χ2n) is 5.51. The lowest BCUT2D eigenvalue weighted by atomic mass is 10.2. The number of carbonyl (C=O) groups excluding carboxylic acids is 1. The summed E-state index contributed by atoms with van der Waals surface area (Å²) in [5.74, 6) is -2.23. The van der Waals surface area contributed by atoms with Crippen LogP contribution in [0.2, 0.25) is 0 Å². The second-order valence-corrected chi connectivity index (χ2v) is 5.51. The first kappa shape index (κ1) is 16.6. The van der Waals surface area contributed by atoms with Gasteiger partial charge in [-0.15, -0.1) is 0 Å². The molecule has 126 valence electrons. The van der Waals surface area contributed by atoms with Gasteiger partial charge < -0.3 is 10.6 Å². The maximum absolute atomic E-state index is 13.3. The van der Waals surface area contributed by atoms with Gasteiger partial charge in [0.1, 0.15) is 5.69 Å². The maximum Gasteiger partial charge on any atom is 0.274 e. The number of anilines is 3. The zero-order valence-corrected chi connectivity index (χ0v) is 13.4. The molecule has 2 aromatic carbocycles. The summed E-state index contributed by atoms with van der Waals surface area (Å²) in [7, 11) is 0. The number of hydrogen-bond acceptors (Lipinski definition) is 3. The number of aromatic nitrogens is 1. The van der Waals surface area contributed by atoms with Gasteiger partial charge in [0.05, 0.1) is 0 Å². The quantitative estimate of drug-likeness (QED) is 0.727. The normalized spacial score (nSPS) is 10.4. The molecular weight excluding hydrogens is 324 g/mol. The number of pyridine rings is 1. The van der Waals surface area contributed by atoms with Gasteiger partial charge in [0.25, 0.3) is 5.91 Å². The van der Waals surface area contributed by atoms with Gasteiger partial charge in [-0.25, -0.2) is 8.78 Å². The SMILES string of the molecule is Cc1cccc(NC(=O)c2cc(Nc3ccc(F)c(F)c3)ccn2)c1. The van der Waals surface area contributed by atoms with Crippen LogP contribution >= 0.6 is 0 Å². The van der Waals surface area contributed by atoms with Gasteiger partial charge >= 0.3 is 0 Å². The molecule has 1 amide bonds. The molecule has 0 radical (unpaired) electrons. The van der Waals surface area contributed by atoms with Crippen molar-refractivity contribution in [3.05, 3.63) is 83.7 Å². The fraction of sp³-hybridized carbons (Fsp3) is 0.0526. The Labute approximate surface area is 143 Å². The summed E-state index contributed by atoms with van der Waals surface area (Å²) in [5, 5.41) is 5.68. The molecule has 0 atom stereocenters. The third kappa shape index (κ3) is 4.17. The minimum Gasteiger partial charge on any atom is -0.355 e. The molecule has 0 aliphatic heterocycles. The van der Waals surface area contributed by atoms with Crippen molar-refractivity contribution in [2.24, 2.45) is 0 Å². The fourth-order valence-corrected chi connectivity index (χ4v) is 2.29. The van der Waals surface area contributed by atoms with Gasteiger partial charge in [-0.3, -0.25) is 9.78 Å². The first-order valence-corrected chi connectivity index (χ1v) is 7.57. The molecule has 1 heterocycles. The summed E-state index contributed by atoms with van der Waals surface area (Å²) >= 11 is 0. The van der Waals surface area contributed by atoms with Gasteiger partial charge in [0, 0.05) is 29.3 Å². The third-order valence-corrected chi connectivity index (χ3v) is 3.48. The van der Waals surface area contributed by atoms with E-state index in [9.17, 15) is 13.6 Å². The van der Waals surface area contributed by atoms with E-state index in [2.05, 4.69) is 15.6 Å². The highest BCUT2D eigenvalue weighted by Gasteiger charge is 2.09. The molecule has 0 fully saturated rings. The summed E-state index contributed by atoms with van der Waals surface area (Å²) < 4.78 is 26.2. The Bertz CT molecular complexity index is 928. The Kier molecular flexibility index (Phi) is 4.70. The van der Waals surface area contributed by atoms with Crippen molar-refractivity contribution < 1.29 is 13.6 Å². The highest BCUT2D eigenvalue weighted by Crippen LogP contribution is 2.19. The van der Waals surface area contributed by atoms with Crippen LogP contribution in [0.25, 0.3) is 0 Å². The number of hydrogen-bond donors (Lipinski definition) is 2. The molecule has 4 nitrogen and oxygen atoms in total. The lowest BCUT2D eigenvalue weighted by molar-refractivity contribution is 0.102. The first-order chi connectivity index (χ1) is 12.0. The average Bonchev–Trinajstić information content (AvgIpc) is 2.58. The highest BCUT2D eigenvalue weighted by atomic mass is 19.2. The molecule has 0 saturated carbocycles. The van der Waals surface area contributed by atoms with Crippen molar-refractivity contribution in [1.82, 2.24) is 4.98 Å². The predicted molar refractivity (Wildman–Crippen MR) is 93.0 cm³/mol. The van der Waals surface area contributed by atoms with E-state index in [-0.39, 0.29) is 11.6 Å². The van der Waals surface area contributed by atoms with E-state index in [1.54, 1.807) is 12.1 Å². The molecule has 0 spiro atoms. The van der Waals surface area contributed by atoms with Gasteiger partial charge in [-0.1, -0.05) is 12.1 Å². The van der Waals surface area contributed by atoms with Gasteiger partial charge in [0.15, 0.2) is 11.6 Å². The molecule has 1 aromatic heterocycles. The Hall–Kier alpha value is -3.28. The molecule has 3 aromatic rings. The van der Waals surface area contributed by atoms with Crippen molar-refractivity contribution in [1.29, 1.82) is 0 Å². The smallest absolute Gasteiger partial charge is 0.274 e. The van der Waals surface area contributed by atoms with Crippen LogP contribution in [-0.4, -0.2) is 10.9 Å². The molecule has 0 aliphatic rings. The standard InChI is InChI=1S/C19H15F2N3O/c1-12-3-2-4-13(9-12)24-19(25)18-11-15(7-8-22-18)23-14-5-6-16(20)17(21)10-14/h2-11H,1H3,(H,22,23)(H,24,25). The van der Waals surface area contributed by atoms with Gasteiger partial charge in [-0.05, 0) is 48.9 Å². The fourth-order valence-electron chi connectivity index (χ4n) is 2.29. The number of nitrogens with zero attached hydrogens (tertiary/aromatic N) is 1. The number of halogens is 2. The Balaban J connectivity index is 1.76. The third-order valence-electron chi connectivity index (χ3n) is 3.48. The van der Waals surface area contributed by atoms with E-state index in [4.69, 9.17) is 0 Å². The van der Waals surface area contributed by atoms with Gasteiger partial charge in [0.2, 0.25) is 0 Å². The molecule has 6 heteroatoms. The first-order valence-electron chi connectivity index (χ1n) is 7.57. The largest absolute Gasteiger partial charge is 0.355 e. The van der Waals surface area contributed by atoms with Crippen molar-refractivity contribution in [2.45, 2.75) is 6.92 Å². The number of amides is 1. The van der Waals surface area contributed by atoms with Crippen molar-refractivity contribution in [3.8, 4) is 0 Å². The number of benzene rings is 2. The average molecular weight is 339 g/mol. The van der Waals surface area contributed by atoms with E-state index in [1.165, 1.54) is 18.3 Å². The topological polar surface area (TPSA) is 54.0 Å². The summed E-state index contributed by atoms with van der Waals surface area (Å²) in [6, 6.07) is 14.1. The monoisotopic (exact) mass is 339 g/mol. The molecule has 0 unspecified atom stereocenters. The minimum absolute atomic E-state index is 0.203. The van der Waals surface area contributed by atoms with Crippen LogP contribution in [0, 0.1) is 18.6 Å². The zero-order valence-electron chi connectivity index (χ0n) is 13.4.